The van der Waals surface area contributed by atoms with E-state index in [9.17, 15) is 18.0 Å². The number of benzene rings is 3. The summed E-state index contributed by atoms with van der Waals surface area (Å²) < 4.78 is 27.6. The van der Waals surface area contributed by atoms with Crippen molar-refractivity contribution >= 4 is 43.5 Å². The molecule has 40 heavy (non-hydrogen) atoms. The number of halogens is 1. The quantitative estimate of drug-likeness (QED) is 0.316. The van der Waals surface area contributed by atoms with Gasteiger partial charge in [0.05, 0.1) is 11.9 Å². The number of rotatable bonds is 11. The summed E-state index contributed by atoms with van der Waals surface area (Å²) in [6.07, 6.45) is 5.37. The average molecular weight is 627 g/mol. The van der Waals surface area contributed by atoms with Crippen molar-refractivity contribution in [3.05, 3.63) is 100 Å². The first-order chi connectivity index (χ1) is 19.1. The van der Waals surface area contributed by atoms with E-state index < -0.39 is 28.5 Å². The van der Waals surface area contributed by atoms with Crippen molar-refractivity contribution in [2.24, 2.45) is 0 Å². The van der Waals surface area contributed by atoms with Gasteiger partial charge in [0.15, 0.2) is 0 Å². The molecule has 1 N–H and O–H groups in total. The Morgan fingerprint density at radius 1 is 0.925 bits per heavy atom. The number of nitrogens with one attached hydrogen (secondary N) is 1. The molecular weight excluding hydrogens is 590 g/mol. The van der Waals surface area contributed by atoms with Crippen LogP contribution in [0.15, 0.2) is 83.3 Å². The summed E-state index contributed by atoms with van der Waals surface area (Å²) in [6, 6.07) is 23.4. The van der Waals surface area contributed by atoms with Crippen LogP contribution in [0.25, 0.3) is 0 Å². The summed E-state index contributed by atoms with van der Waals surface area (Å²) in [5.74, 6) is -0.665. The maximum atomic E-state index is 14.1. The smallest absolute Gasteiger partial charge is 0.244 e. The summed E-state index contributed by atoms with van der Waals surface area (Å²) >= 11 is 3.38. The Morgan fingerprint density at radius 2 is 1.55 bits per heavy atom. The number of carbonyl (C=O) groups is 2. The second-order valence-electron chi connectivity index (χ2n) is 10.4. The van der Waals surface area contributed by atoms with Crippen molar-refractivity contribution in [1.82, 2.24) is 10.2 Å². The molecule has 1 unspecified atom stereocenters. The topological polar surface area (TPSA) is 86.8 Å². The first-order valence-corrected chi connectivity index (χ1v) is 16.2. The molecule has 0 saturated heterocycles. The van der Waals surface area contributed by atoms with Crippen molar-refractivity contribution in [1.29, 1.82) is 0 Å². The zero-order valence-corrected chi connectivity index (χ0v) is 25.3. The van der Waals surface area contributed by atoms with E-state index in [1.165, 1.54) is 0 Å². The van der Waals surface area contributed by atoms with Crippen LogP contribution in [0.2, 0.25) is 0 Å². The predicted molar refractivity (Wildman–Crippen MR) is 162 cm³/mol. The van der Waals surface area contributed by atoms with E-state index in [2.05, 4.69) is 21.2 Å². The van der Waals surface area contributed by atoms with Crippen LogP contribution in [0.5, 0.6) is 0 Å². The Kier molecular flexibility index (Phi) is 10.0. The summed E-state index contributed by atoms with van der Waals surface area (Å²) in [4.78, 5) is 29.5. The first kappa shape index (κ1) is 29.8. The van der Waals surface area contributed by atoms with Crippen molar-refractivity contribution in [3.63, 3.8) is 0 Å². The molecule has 1 aliphatic rings. The Hall–Kier alpha value is -3.17. The van der Waals surface area contributed by atoms with Crippen LogP contribution in [0, 0.1) is 6.92 Å². The summed E-state index contributed by atoms with van der Waals surface area (Å²) in [5, 5.41) is 3.18. The van der Waals surface area contributed by atoms with Gasteiger partial charge in [-0.2, -0.15) is 0 Å². The molecule has 1 fully saturated rings. The van der Waals surface area contributed by atoms with E-state index in [1.807, 2.05) is 61.5 Å². The highest BCUT2D eigenvalue weighted by Gasteiger charge is 2.34. The van der Waals surface area contributed by atoms with Gasteiger partial charge in [-0.05, 0) is 55.2 Å². The van der Waals surface area contributed by atoms with Gasteiger partial charge in [-0.25, -0.2) is 8.42 Å². The van der Waals surface area contributed by atoms with Crippen LogP contribution >= 0.6 is 15.9 Å². The lowest BCUT2D eigenvalue weighted by Crippen LogP contribution is -2.54. The Labute approximate surface area is 245 Å². The number of anilines is 1. The van der Waals surface area contributed by atoms with Gasteiger partial charge in [-0.15, -0.1) is 0 Å². The molecule has 1 saturated carbocycles. The number of sulfonamides is 1. The van der Waals surface area contributed by atoms with Crippen molar-refractivity contribution in [2.75, 3.05) is 17.1 Å². The molecular formula is C31H36BrN3O4S. The zero-order valence-electron chi connectivity index (χ0n) is 22.9. The standard InChI is InChI=1S/C31H36BrN3O4S/c1-23-12-14-25(15-13-23)21-34(30(36)22-35(40(2,38)39)28-18-16-26(32)17-19-28)29(20-24-8-4-3-5-9-24)31(37)33-27-10-6-7-11-27/h3-5,8-9,12-19,27,29H,6-7,10-11,20-22H2,1-2H3,(H,33,37). The lowest BCUT2D eigenvalue weighted by molar-refractivity contribution is -0.140. The number of carbonyl (C=O) groups excluding carboxylic acids is 2. The lowest BCUT2D eigenvalue weighted by atomic mass is 10.0. The third kappa shape index (κ3) is 8.17. The first-order valence-electron chi connectivity index (χ1n) is 13.5. The highest BCUT2D eigenvalue weighted by Crippen LogP contribution is 2.23. The van der Waals surface area contributed by atoms with Crippen LogP contribution < -0.4 is 9.62 Å². The lowest BCUT2D eigenvalue weighted by Gasteiger charge is -2.34. The van der Waals surface area contributed by atoms with E-state index in [1.54, 1.807) is 29.2 Å². The minimum absolute atomic E-state index is 0.0809. The van der Waals surface area contributed by atoms with E-state index in [4.69, 9.17) is 0 Å². The predicted octanol–water partition coefficient (Wildman–Crippen LogP) is 5.22. The molecule has 1 aliphatic carbocycles. The van der Waals surface area contributed by atoms with Gasteiger partial charge in [0, 0.05) is 23.5 Å². The molecule has 3 aromatic carbocycles. The van der Waals surface area contributed by atoms with Gasteiger partial charge >= 0.3 is 0 Å². The number of hydrogen-bond donors (Lipinski definition) is 1. The van der Waals surface area contributed by atoms with Gasteiger partial charge in [-0.1, -0.05) is 88.9 Å². The number of aryl methyl sites for hydroxylation is 1. The van der Waals surface area contributed by atoms with Gasteiger partial charge < -0.3 is 10.2 Å². The Bertz CT molecular complexity index is 1390. The molecule has 0 spiro atoms. The fourth-order valence-corrected chi connectivity index (χ4v) is 6.15. The highest BCUT2D eigenvalue weighted by molar-refractivity contribution is 9.10. The molecule has 0 bridgehead atoms. The van der Waals surface area contributed by atoms with Crippen LogP contribution in [-0.4, -0.2) is 50.0 Å². The van der Waals surface area contributed by atoms with Crippen LogP contribution in [-0.2, 0) is 32.6 Å². The number of nitrogens with zero attached hydrogens (tertiary/aromatic N) is 2. The van der Waals surface area contributed by atoms with Crippen LogP contribution in [0.4, 0.5) is 5.69 Å². The molecule has 1 atom stereocenters. The second-order valence-corrected chi connectivity index (χ2v) is 13.3. The van der Waals surface area contributed by atoms with Crippen molar-refractivity contribution in [2.45, 2.75) is 57.7 Å². The normalized spacial score (nSPS) is 14.5. The molecule has 3 aromatic rings. The monoisotopic (exact) mass is 625 g/mol. The Balaban J connectivity index is 1.71. The largest absolute Gasteiger partial charge is 0.352 e. The summed E-state index contributed by atoms with van der Waals surface area (Å²) in [5.41, 5.74) is 3.24. The minimum Gasteiger partial charge on any atom is -0.352 e. The maximum absolute atomic E-state index is 14.1. The molecule has 0 radical (unpaired) electrons. The SMILES string of the molecule is Cc1ccc(CN(C(=O)CN(c2ccc(Br)cc2)S(C)(=O)=O)C(Cc2ccccc2)C(=O)NC2CCCC2)cc1. The summed E-state index contributed by atoms with van der Waals surface area (Å²) in [6.45, 7) is 1.74. The van der Waals surface area contributed by atoms with Crippen molar-refractivity contribution in [3.8, 4) is 0 Å². The fraction of sp³-hybridized carbons (Fsp3) is 0.355. The molecule has 9 heteroatoms. The third-order valence-corrected chi connectivity index (χ3v) is 8.91. The number of amides is 2. The highest BCUT2D eigenvalue weighted by atomic mass is 79.9. The molecule has 0 aliphatic heterocycles. The molecule has 0 heterocycles. The maximum Gasteiger partial charge on any atom is 0.244 e. The second kappa shape index (κ2) is 13.5. The minimum atomic E-state index is -3.79. The van der Waals surface area contributed by atoms with Gasteiger partial charge in [0.25, 0.3) is 0 Å². The summed E-state index contributed by atoms with van der Waals surface area (Å²) in [7, 11) is -3.79. The fourth-order valence-electron chi connectivity index (χ4n) is 5.03. The van der Waals surface area contributed by atoms with E-state index in [0.29, 0.717) is 12.1 Å². The van der Waals surface area contributed by atoms with Crippen molar-refractivity contribution < 1.29 is 18.0 Å². The Morgan fingerprint density at radius 3 is 2.15 bits per heavy atom. The zero-order chi connectivity index (χ0) is 28.7. The van der Waals surface area contributed by atoms with E-state index in [-0.39, 0.29) is 18.5 Å². The molecule has 212 valence electrons. The average Bonchev–Trinajstić information content (AvgIpc) is 3.44. The van der Waals surface area contributed by atoms with Gasteiger partial charge in [0.1, 0.15) is 12.6 Å². The molecule has 7 nitrogen and oxygen atoms in total. The van der Waals surface area contributed by atoms with E-state index in [0.717, 1.165) is 57.4 Å². The number of hydrogen-bond acceptors (Lipinski definition) is 4. The molecule has 4 rings (SSSR count). The molecule has 0 aromatic heterocycles. The van der Waals surface area contributed by atoms with Crippen LogP contribution in [0.3, 0.4) is 0 Å². The molecule has 2 amide bonds. The van der Waals surface area contributed by atoms with Crippen LogP contribution in [0.1, 0.15) is 42.4 Å². The van der Waals surface area contributed by atoms with E-state index >= 15 is 0 Å². The van der Waals surface area contributed by atoms with Gasteiger partial charge in [-0.3, -0.25) is 13.9 Å². The third-order valence-electron chi connectivity index (χ3n) is 7.24. The van der Waals surface area contributed by atoms with Gasteiger partial charge in [0.2, 0.25) is 21.8 Å².